The summed E-state index contributed by atoms with van der Waals surface area (Å²) in [6, 6.07) is 9.34. The fourth-order valence-electron chi connectivity index (χ4n) is 2.73. The predicted molar refractivity (Wildman–Crippen MR) is 124 cm³/mol. The molecule has 0 saturated carbocycles. The number of H-pyrrole nitrogens is 1. The van der Waals surface area contributed by atoms with E-state index >= 15 is 0 Å². The normalized spacial score (nSPS) is 11.0. The molecular formula is C20H17Cl3FN7O2. The third-order valence-electron chi connectivity index (χ3n) is 4.17. The van der Waals surface area contributed by atoms with Gasteiger partial charge >= 0.3 is 5.97 Å². The van der Waals surface area contributed by atoms with Gasteiger partial charge in [-0.1, -0.05) is 34.8 Å². The van der Waals surface area contributed by atoms with Gasteiger partial charge in [-0.05, 0) is 44.2 Å². The molecule has 1 aromatic carbocycles. The molecule has 13 heteroatoms. The first-order valence-electron chi connectivity index (χ1n) is 9.27. The maximum atomic E-state index is 14.0. The van der Waals surface area contributed by atoms with Gasteiger partial charge in [0.05, 0.1) is 18.1 Å². The highest BCUT2D eigenvalue weighted by Crippen LogP contribution is 2.26. The number of alkyl halides is 3. The predicted octanol–water partition coefficient (Wildman–Crippen LogP) is 4.99. The fraction of sp³-hybridized carbons (Fsp3) is 0.150. The Morgan fingerprint density at radius 2 is 1.85 bits per heavy atom. The number of hydrogen-bond donors (Lipinski definition) is 3. The van der Waals surface area contributed by atoms with Crippen LogP contribution in [0.1, 0.15) is 11.6 Å². The number of carbonyl (C=O) groups is 1. The Morgan fingerprint density at radius 3 is 2.36 bits per heavy atom. The van der Waals surface area contributed by atoms with Crippen LogP contribution >= 0.6 is 34.8 Å². The van der Waals surface area contributed by atoms with Gasteiger partial charge in [-0.3, -0.25) is 5.10 Å². The molecule has 172 valence electrons. The van der Waals surface area contributed by atoms with Gasteiger partial charge in [-0.15, -0.1) is 0 Å². The minimum atomic E-state index is -2.17. The summed E-state index contributed by atoms with van der Waals surface area (Å²) in [5.41, 5.74) is 2.85. The highest BCUT2D eigenvalue weighted by atomic mass is 35.6. The summed E-state index contributed by atoms with van der Waals surface area (Å²) in [6.45, 7) is 3.77. The second kappa shape index (κ2) is 10.2. The van der Waals surface area contributed by atoms with Crippen molar-refractivity contribution in [1.82, 2.24) is 29.9 Å². The number of nitrogens with one attached hydrogen (secondary N) is 2. The van der Waals surface area contributed by atoms with Crippen molar-refractivity contribution < 1.29 is 14.3 Å². The molecule has 0 atom stereocenters. The number of aryl methyl sites for hydroxylation is 2. The van der Waals surface area contributed by atoms with Gasteiger partial charge in [0.1, 0.15) is 23.3 Å². The van der Waals surface area contributed by atoms with Crippen molar-refractivity contribution in [3.63, 3.8) is 0 Å². The second-order valence-corrected chi connectivity index (χ2v) is 8.91. The number of anilines is 2. The molecule has 0 fully saturated rings. The van der Waals surface area contributed by atoms with Crippen LogP contribution in [0.5, 0.6) is 0 Å². The van der Waals surface area contributed by atoms with Crippen LogP contribution < -0.4 is 5.32 Å². The van der Waals surface area contributed by atoms with Crippen molar-refractivity contribution in [2.75, 3.05) is 5.32 Å². The van der Waals surface area contributed by atoms with Gasteiger partial charge in [0, 0.05) is 23.0 Å². The molecule has 3 aromatic heterocycles. The number of aromatic amines is 1. The van der Waals surface area contributed by atoms with E-state index in [4.69, 9.17) is 39.9 Å². The van der Waals surface area contributed by atoms with E-state index < -0.39 is 15.6 Å². The summed E-state index contributed by atoms with van der Waals surface area (Å²) in [7, 11) is 0. The molecule has 4 aromatic rings. The van der Waals surface area contributed by atoms with Gasteiger partial charge in [-0.2, -0.15) is 10.2 Å². The second-order valence-electron chi connectivity index (χ2n) is 6.63. The number of rotatable bonds is 4. The molecule has 0 radical (unpaired) electrons. The van der Waals surface area contributed by atoms with E-state index in [1.807, 2.05) is 38.1 Å². The lowest BCUT2D eigenvalue weighted by molar-refractivity contribution is -0.135. The number of aromatic nitrogens is 6. The third kappa shape index (κ3) is 6.41. The monoisotopic (exact) mass is 511 g/mol. The van der Waals surface area contributed by atoms with E-state index in [9.17, 15) is 9.18 Å². The Bertz CT molecular complexity index is 1240. The molecule has 0 bridgehead atoms. The number of benzene rings is 1. The SMILES string of the molecule is Cc1nc(C)n(-c2ccc(Nc3cc(-c4cn[nH]c4)c(F)cn3)cc2)n1.O=C(O)C(Cl)(Cl)Cl. The number of carboxylic acid groups (broad SMARTS) is 1. The zero-order chi connectivity index (χ0) is 24.2. The van der Waals surface area contributed by atoms with Crippen LogP contribution in [0, 0.1) is 19.7 Å². The van der Waals surface area contributed by atoms with E-state index in [0.29, 0.717) is 16.9 Å². The van der Waals surface area contributed by atoms with E-state index in [-0.39, 0.29) is 0 Å². The highest BCUT2D eigenvalue weighted by molar-refractivity contribution is 6.75. The Balaban J connectivity index is 0.000000383. The van der Waals surface area contributed by atoms with Crippen molar-refractivity contribution >= 4 is 52.3 Å². The summed E-state index contributed by atoms with van der Waals surface area (Å²) in [5, 5.41) is 21.9. The van der Waals surface area contributed by atoms with E-state index in [0.717, 1.165) is 23.0 Å². The van der Waals surface area contributed by atoms with Crippen LogP contribution in [0.3, 0.4) is 0 Å². The van der Waals surface area contributed by atoms with Crippen molar-refractivity contribution in [1.29, 1.82) is 0 Å². The van der Waals surface area contributed by atoms with Gasteiger partial charge < -0.3 is 10.4 Å². The van der Waals surface area contributed by atoms with E-state index in [1.54, 1.807) is 23.1 Å². The van der Waals surface area contributed by atoms with E-state index in [1.165, 1.54) is 6.20 Å². The largest absolute Gasteiger partial charge is 0.478 e. The lowest BCUT2D eigenvalue weighted by Crippen LogP contribution is -2.16. The lowest BCUT2D eigenvalue weighted by Gasteiger charge is -2.09. The molecule has 3 heterocycles. The average Bonchev–Trinajstić information content (AvgIpc) is 3.39. The number of pyridine rings is 1. The summed E-state index contributed by atoms with van der Waals surface area (Å²) >= 11 is 14.4. The molecule has 0 saturated heterocycles. The molecule has 0 unspecified atom stereocenters. The first-order chi connectivity index (χ1) is 15.5. The topological polar surface area (TPSA) is 122 Å². The summed E-state index contributed by atoms with van der Waals surface area (Å²) < 4.78 is 13.6. The van der Waals surface area contributed by atoms with Crippen molar-refractivity contribution in [2.45, 2.75) is 17.6 Å². The number of hydrogen-bond acceptors (Lipinski definition) is 6. The van der Waals surface area contributed by atoms with Gasteiger partial charge in [-0.25, -0.2) is 23.8 Å². The highest BCUT2D eigenvalue weighted by Gasteiger charge is 2.29. The van der Waals surface area contributed by atoms with Crippen LogP contribution in [0.25, 0.3) is 16.8 Å². The third-order valence-corrected chi connectivity index (χ3v) is 4.65. The average molecular weight is 513 g/mol. The van der Waals surface area contributed by atoms with Crippen LogP contribution in [0.4, 0.5) is 15.9 Å². The molecule has 4 rings (SSSR count). The Labute approximate surface area is 202 Å². The molecule has 9 nitrogen and oxygen atoms in total. The van der Waals surface area contributed by atoms with Crippen molar-refractivity contribution in [3.8, 4) is 16.8 Å². The summed E-state index contributed by atoms with van der Waals surface area (Å²) in [6.07, 6.45) is 4.40. The Morgan fingerprint density at radius 1 is 1.18 bits per heavy atom. The number of aliphatic carboxylic acids is 1. The van der Waals surface area contributed by atoms with Gasteiger partial charge in [0.25, 0.3) is 3.79 Å². The fourth-order valence-corrected chi connectivity index (χ4v) is 2.73. The summed E-state index contributed by atoms with van der Waals surface area (Å²) in [5.74, 6) is 0.241. The molecule has 0 aliphatic heterocycles. The smallest absolute Gasteiger partial charge is 0.356 e. The zero-order valence-electron chi connectivity index (χ0n) is 17.2. The molecule has 33 heavy (non-hydrogen) atoms. The van der Waals surface area contributed by atoms with Crippen LogP contribution in [0.2, 0.25) is 0 Å². The summed E-state index contributed by atoms with van der Waals surface area (Å²) in [4.78, 5) is 18.0. The molecule has 3 N–H and O–H groups in total. The lowest BCUT2D eigenvalue weighted by atomic mass is 10.1. The minimum absolute atomic E-state index is 0.399. The van der Waals surface area contributed by atoms with Crippen LogP contribution in [-0.4, -0.2) is 44.8 Å². The number of carboxylic acids is 1. The Hall–Kier alpha value is -3.21. The molecule has 0 aliphatic rings. The molecular weight excluding hydrogens is 496 g/mol. The minimum Gasteiger partial charge on any atom is -0.478 e. The first-order valence-corrected chi connectivity index (χ1v) is 10.4. The molecule has 0 spiro atoms. The van der Waals surface area contributed by atoms with Crippen LogP contribution in [-0.2, 0) is 4.79 Å². The molecule has 0 aliphatic carbocycles. The first kappa shape index (κ1) is 24.4. The quantitative estimate of drug-likeness (QED) is 0.329. The van der Waals surface area contributed by atoms with Gasteiger partial charge in [0.2, 0.25) is 0 Å². The maximum absolute atomic E-state index is 14.0. The zero-order valence-corrected chi connectivity index (χ0v) is 19.5. The number of nitrogens with zero attached hydrogens (tertiary/aromatic N) is 5. The standard InChI is InChI=1S/C18H16FN7.C2HCl3O2/c1-11-23-12(2)26(25-11)15-5-3-14(4-6-15)24-18-7-16(17(19)10-20-18)13-8-21-22-9-13;3-2(4,5)1(6)7/h3-10H,1-2H3,(H,20,24)(H,21,22);(H,6,7). The van der Waals surface area contributed by atoms with Crippen molar-refractivity contribution in [2.24, 2.45) is 0 Å². The van der Waals surface area contributed by atoms with Crippen LogP contribution in [0.15, 0.2) is 48.9 Å². The van der Waals surface area contributed by atoms with Crippen molar-refractivity contribution in [3.05, 3.63) is 66.4 Å². The molecule has 0 amide bonds. The Kier molecular flexibility index (Phi) is 7.52. The van der Waals surface area contributed by atoms with Gasteiger partial charge in [0.15, 0.2) is 0 Å². The number of halogens is 4. The maximum Gasteiger partial charge on any atom is 0.356 e. The van der Waals surface area contributed by atoms with E-state index in [2.05, 4.69) is 30.6 Å².